The summed E-state index contributed by atoms with van der Waals surface area (Å²) in [6.45, 7) is 0.189. The van der Waals surface area contributed by atoms with Gasteiger partial charge >= 0.3 is 12.1 Å². The number of anilines is 1. The van der Waals surface area contributed by atoms with Crippen LogP contribution in [0.3, 0.4) is 0 Å². The number of carboxylic acid groups (broad SMARTS) is 1. The number of carboxylic acids is 1. The molecule has 0 unspecified atom stereocenters. The topological polar surface area (TPSA) is 69.6 Å². The molecule has 0 bridgehead atoms. The molecule has 1 amide bonds. The number of alkyl halides is 3. The third-order valence-electron chi connectivity index (χ3n) is 3.50. The van der Waals surface area contributed by atoms with Crippen molar-refractivity contribution in [3.05, 3.63) is 29.8 Å². The van der Waals surface area contributed by atoms with Crippen LogP contribution in [0.1, 0.15) is 18.4 Å². The number of hydrogen-bond donors (Lipinski definition) is 2. The molecular weight excluding hydrogens is 301 g/mol. The molecule has 1 saturated heterocycles. The van der Waals surface area contributed by atoms with Gasteiger partial charge in [-0.3, -0.25) is 14.5 Å². The van der Waals surface area contributed by atoms with Gasteiger partial charge in [-0.1, -0.05) is 12.1 Å². The maximum absolute atomic E-state index is 12.8. The van der Waals surface area contributed by atoms with E-state index in [2.05, 4.69) is 5.32 Å². The summed E-state index contributed by atoms with van der Waals surface area (Å²) in [4.78, 5) is 24.4. The highest BCUT2D eigenvalue weighted by molar-refractivity contribution is 5.93. The predicted octanol–water partition coefficient (Wildman–Crippen LogP) is 2.19. The summed E-state index contributed by atoms with van der Waals surface area (Å²) in [6.07, 6.45) is -3.49. The first-order valence-electron chi connectivity index (χ1n) is 6.72. The summed E-state index contributed by atoms with van der Waals surface area (Å²) in [5, 5.41) is 11.2. The Labute approximate surface area is 124 Å². The van der Waals surface area contributed by atoms with Crippen molar-refractivity contribution >= 4 is 17.6 Å². The van der Waals surface area contributed by atoms with Gasteiger partial charge in [0.25, 0.3) is 0 Å². The minimum absolute atomic E-state index is 0.247. The zero-order valence-electron chi connectivity index (χ0n) is 11.6. The van der Waals surface area contributed by atoms with Gasteiger partial charge in [-0.05, 0) is 31.5 Å². The third-order valence-corrected chi connectivity index (χ3v) is 3.50. The molecule has 1 aliphatic heterocycles. The lowest BCUT2D eigenvalue weighted by atomic mass is 10.1. The molecule has 0 saturated carbocycles. The van der Waals surface area contributed by atoms with Crippen LogP contribution in [0.25, 0.3) is 0 Å². The van der Waals surface area contributed by atoms with Crippen LogP contribution < -0.4 is 5.32 Å². The van der Waals surface area contributed by atoms with E-state index in [-0.39, 0.29) is 12.2 Å². The smallest absolute Gasteiger partial charge is 0.418 e. The van der Waals surface area contributed by atoms with Gasteiger partial charge in [0.05, 0.1) is 17.8 Å². The average molecular weight is 316 g/mol. The summed E-state index contributed by atoms with van der Waals surface area (Å²) in [5.74, 6) is -1.69. The van der Waals surface area contributed by atoms with Crippen LogP contribution in [0.15, 0.2) is 24.3 Å². The minimum atomic E-state index is -4.57. The number of likely N-dealkylation sites (tertiary alicyclic amines) is 1. The zero-order chi connectivity index (χ0) is 16.3. The lowest BCUT2D eigenvalue weighted by Gasteiger charge is -2.21. The Bertz CT molecular complexity index is 575. The number of para-hydroxylation sites is 1. The highest BCUT2D eigenvalue weighted by Crippen LogP contribution is 2.34. The summed E-state index contributed by atoms with van der Waals surface area (Å²) in [5.41, 5.74) is -1.26. The molecule has 1 atom stereocenters. The molecular formula is C14H15F3N2O3. The van der Waals surface area contributed by atoms with Crippen LogP contribution >= 0.6 is 0 Å². The quantitative estimate of drug-likeness (QED) is 0.893. The van der Waals surface area contributed by atoms with Crippen LogP contribution in [0, 0.1) is 0 Å². The van der Waals surface area contributed by atoms with E-state index >= 15 is 0 Å². The molecule has 1 aromatic rings. The van der Waals surface area contributed by atoms with Crippen molar-refractivity contribution in [3.63, 3.8) is 0 Å². The fourth-order valence-corrected chi connectivity index (χ4v) is 2.51. The van der Waals surface area contributed by atoms with Gasteiger partial charge in [0, 0.05) is 0 Å². The predicted molar refractivity (Wildman–Crippen MR) is 72.3 cm³/mol. The van der Waals surface area contributed by atoms with Gasteiger partial charge in [0.2, 0.25) is 5.91 Å². The van der Waals surface area contributed by atoms with Crippen molar-refractivity contribution < 1.29 is 27.9 Å². The Balaban J connectivity index is 2.06. The number of carbonyl (C=O) groups excluding carboxylic acids is 1. The van der Waals surface area contributed by atoms with E-state index < -0.39 is 29.7 Å². The summed E-state index contributed by atoms with van der Waals surface area (Å²) >= 11 is 0. The van der Waals surface area contributed by atoms with E-state index in [0.717, 1.165) is 6.07 Å². The molecule has 22 heavy (non-hydrogen) atoms. The van der Waals surface area contributed by atoms with E-state index in [1.165, 1.54) is 23.1 Å². The van der Waals surface area contributed by atoms with E-state index in [4.69, 9.17) is 5.11 Å². The second kappa shape index (κ2) is 6.35. The highest BCUT2D eigenvalue weighted by Gasteiger charge is 2.35. The number of aliphatic carboxylic acids is 1. The molecule has 2 rings (SSSR count). The Morgan fingerprint density at radius 3 is 2.64 bits per heavy atom. The monoisotopic (exact) mass is 316 g/mol. The molecule has 5 nitrogen and oxygen atoms in total. The van der Waals surface area contributed by atoms with Crippen LogP contribution in [-0.2, 0) is 15.8 Å². The number of carbonyl (C=O) groups is 2. The largest absolute Gasteiger partial charge is 0.480 e. The first kappa shape index (κ1) is 16.3. The second-order valence-electron chi connectivity index (χ2n) is 5.06. The van der Waals surface area contributed by atoms with E-state index in [1.54, 1.807) is 0 Å². The van der Waals surface area contributed by atoms with Crippen molar-refractivity contribution in [1.29, 1.82) is 0 Å². The number of nitrogens with one attached hydrogen (secondary N) is 1. The van der Waals surface area contributed by atoms with E-state index in [1.807, 2.05) is 0 Å². The molecule has 8 heteroatoms. The second-order valence-corrected chi connectivity index (χ2v) is 5.06. The lowest BCUT2D eigenvalue weighted by Crippen LogP contribution is -2.41. The molecule has 120 valence electrons. The van der Waals surface area contributed by atoms with E-state index in [9.17, 15) is 22.8 Å². The number of rotatable bonds is 4. The van der Waals surface area contributed by atoms with Crippen molar-refractivity contribution in [2.45, 2.75) is 25.1 Å². The van der Waals surface area contributed by atoms with Crippen molar-refractivity contribution in [3.8, 4) is 0 Å². The molecule has 2 N–H and O–H groups in total. The SMILES string of the molecule is O=C(CN1CCC[C@H]1C(=O)O)Nc1ccccc1C(F)(F)F. The number of benzene rings is 1. The number of nitrogens with zero attached hydrogens (tertiary/aromatic N) is 1. The fraction of sp³-hybridized carbons (Fsp3) is 0.429. The van der Waals surface area contributed by atoms with Crippen LogP contribution in [0.2, 0.25) is 0 Å². The summed E-state index contributed by atoms with van der Waals surface area (Å²) < 4.78 is 38.5. The molecule has 1 heterocycles. The Morgan fingerprint density at radius 2 is 2.00 bits per heavy atom. The Kier molecular flexibility index (Phi) is 4.70. The zero-order valence-corrected chi connectivity index (χ0v) is 11.6. The Morgan fingerprint density at radius 1 is 1.32 bits per heavy atom. The summed E-state index contributed by atoms with van der Waals surface area (Å²) in [6, 6.07) is 3.91. The first-order chi connectivity index (χ1) is 10.3. The van der Waals surface area contributed by atoms with Crippen molar-refractivity contribution in [2.24, 2.45) is 0 Å². The maximum Gasteiger partial charge on any atom is 0.418 e. The standard InChI is InChI=1S/C14H15F3N2O3/c15-14(16,17)9-4-1-2-5-10(9)18-12(20)8-19-7-3-6-11(19)13(21)22/h1-2,4-5,11H,3,6-8H2,(H,18,20)(H,21,22)/t11-/m0/s1. The molecule has 1 aliphatic rings. The van der Waals surface area contributed by atoms with E-state index in [0.29, 0.717) is 19.4 Å². The first-order valence-corrected chi connectivity index (χ1v) is 6.72. The minimum Gasteiger partial charge on any atom is -0.480 e. The van der Waals surface area contributed by atoms with Gasteiger partial charge < -0.3 is 10.4 Å². The molecule has 0 spiro atoms. The van der Waals surface area contributed by atoms with Crippen molar-refractivity contribution in [1.82, 2.24) is 4.90 Å². The van der Waals surface area contributed by atoms with Gasteiger partial charge in [0.15, 0.2) is 0 Å². The van der Waals surface area contributed by atoms with Crippen LogP contribution in [-0.4, -0.2) is 41.0 Å². The lowest BCUT2D eigenvalue weighted by molar-refractivity contribution is -0.142. The molecule has 1 fully saturated rings. The van der Waals surface area contributed by atoms with Gasteiger partial charge in [-0.25, -0.2) is 0 Å². The number of amides is 1. The summed E-state index contributed by atoms with van der Waals surface area (Å²) in [7, 11) is 0. The molecule has 1 aromatic carbocycles. The Hall–Kier alpha value is -2.09. The maximum atomic E-state index is 12.8. The fourth-order valence-electron chi connectivity index (χ4n) is 2.51. The third kappa shape index (κ3) is 3.76. The van der Waals surface area contributed by atoms with Crippen molar-refractivity contribution in [2.75, 3.05) is 18.4 Å². The van der Waals surface area contributed by atoms with Gasteiger partial charge in [-0.15, -0.1) is 0 Å². The number of hydrogen-bond acceptors (Lipinski definition) is 3. The van der Waals surface area contributed by atoms with Gasteiger partial charge in [0.1, 0.15) is 6.04 Å². The molecule has 0 radical (unpaired) electrons. The highest BCUT2D eigenvalue weighted by atomic mass is 19.4. The number of halogens is 3. The normalized spacial score (nSPS) is 19.1. The molecule has 0 aromatic heterocycles. The van der Waals surface area contributed by atoms with Gasteiger partial charge in [-0.2, -0.15) is 13.2 Å². The van der Waals surface area contributed by atoms with Crippen LogP contribution in [0.4, 0.5) is 18.9 Å². The average Bonchev–Trinajstić information content (AvgIpc) is 2.86. The molecule has 0 aliphatic carbocycles. The van der Waals surface area contributed by atoms with Crippen LogP contribution in [0.5, 0.6) is 0 Å².